The Labute approximate surface area is 123 Å². The van der Waals surface area contributed by atoms with Crippen LogP contribution in [0, 0.1) is 6.92 Å². The van der Waals surface area contributed by atoms with Crippen LogP contribution in [0.25, 0.3) is 0 Å². The van der Waals surface area contributed by atoms with Crippen LogP contribution in [0.5, 0.6) is 5.75 Å². The van der Waals surface area contributed by atoms with Crippen LogP contribution in [0.3, 0.4) is 0 Å². The summed E-state index contributed by atoms with van der Waals surface area (Å²) in [6.45, 7) is 3.99. The highest BCUT2D eigenvalue weighted by Crippen LogP contribution is 2.22. The molecule has 0 saturated carbocycles. The van der Waals surface area contributed by atoms with Gasteiger partial charge < -0.3 is 9.64 Å². The van der Waals surface area contributed by atoms with E-state index >= 15 is 0 Å². The van der Waals surface area contributed by atoms with E-state index in [0.29, 0.717) is 17.3 Å². The predicted molar refractivity (Wildman–Crippen MR) is 77.1 cm³/mol. The summed E-state index contributed by atoms with van der Waals surface area (Å²) in [7, 11) is 0. The molecule has 5 heteroatoms. The first-order chi connectivity index (χ1) is 9.47. The highest BCUT2D eigenvalue weighted by Gasteiger charge is 2.31. The molecule has 1 aliphatic heterocycles. The molecule has 20 heavy (non-hydrogen) atoms. The number of nitrogens with zero attached hydrogens (tertiary/aromatic N) is 1. The van der Waals surface area contributed by atoms with Gasteiger partial charge in [0.25, 0.3) is 5.91 Å². The van der Waals surface area contributed by atoms with Crippen LogP contribution in [-0.4, -0.2) is 35.8 Å². The first kappa shape index (κ1) is 14.9. The van der Waals surface area contributed by atoms with Crippen molar-refractivity contribution in [1.29, 1.82) is 0 Å². The third-order valence-electron chi connectivity index (χ3n) is 3.42. The van der Waals surface area contributed by atoms with Gasteiger partial charge in [0.1, 0.15) is 5.75 Å². The van der Waals surface area contributed by atoms with Crippen LogP contribution in [0.2, 0.25) is 5.02 Å². The number of amides is 1. The molecule has 0 aliphatic carbocycles. The number of halogens is 1. The maximum atomic E-state index is 12.1. The number of carbonyl (C=O) groups excluding carboxylic acids is 2. The molecule has 1 fully saturated rings. The van der Waals surface area contributed by atoms with E-state index in [-0.39, 0.29) is 24.3 Å². The summed E-state index contributed by atoms with van der Waals surface area (Å²) in [5.74, 6) is 0.455. The Balaban J connectivity index is 1.96. The Bertz CT molecular complexity index is 510. The van der Waals surface area contributed by atoms with Crippen LogP contribution < -0.4 is 4.74 Å². The second-order valence-electron chi connectivity index (χ2n) is 5.11. The van der Waals surface area contributed by atoms with Crippen LogP contribution in [0.4, 0.5) is 0 Å². The van der Waals surface area contributed by atoms with E-state index in [1.54, 1.807) is 11.0 Å². The van der Waals surface area contributed by atoms with Crippen molar-refractivity contribution in [3.8, 4) is 5.75 Å². The van der Waals surface area contributed by atoms with Crippen LogP contribution in [-0.2, 0) is 9.59 Å². The molecular weight excluding hydrogens is 278 g/mol. The van der Waals surface area contributed by atoms with Crippen molar-refractivity contribution in [2.75, 3.05) is 13.2 Å². The molecule has 1 amide bonds. The van der Waals surface area contributed by atoms with Gasteiger partial charge in [0, 0.05) is 11.6 Å². The summed E-state index contributed by atoms with van der Waals surface area (Å²) in [6, 6.07) is 5.04. The number of ketones is 1. The average molecular weight is 296 g/mol. The van der Waals surface area contributed by atoms with Crippen molar-refractivity contribution >= 4 is 23.3 Å². The normalized spacial score (nSPS) is 18.1. The van der Waals surface area contributed by atoms with Gasteiger partial charge in [-0.05, 0) is 50.5 Å². The quantitative estimate of drug-likeness (QED) is 0.858. The fourth-order valence-corrected chi connectivity index (χ4v) is 2.78. The van der Waals surface area contributed by atoms with Crippen molar-refractivity contribution in [1.82, 2.24) is 4.90 Å². The van der Waals surface area contributed by atoms with E-state index in [2.05, 4.69) is 0 Å². The SMILES string of the molecule is CC(=O)C1CCCN1C(=O)COc1cc(C)cc(Cl)c1. The van der Waals surface area contributed by atoms with Gasteiger partial charge >= 0.3 is 0 Å². The van der Waals surface area contributed by atoms with Gasteiger partial charge in [0.2, 0.25) is 0 Å². The number of hydrogen-bond donors (Lipinski definition) is 0. The summed E-state index contributed by atoms with van der Waals surface area (Å²) in [6.07, 6.45) is 1.61. The molecule has 1 heterocycles. The van der Waals surface area contributed by atoms with Crippen molar-refractivity contribution in [3.05, 3.63) is 28.8 Å². The van der Waals surface area contributed by atoms with Gasteiger partial charge in [-0.3, -0.25) is 9.59 Å². The van der Waals surface area contributed by atoms with E-state index in [1.165, 1.54) is 6.92 Å². The van der Waals surface area contributed by atoms with E-state index < -0.39 is 0 Å². The smallest absolute Gasteiger partial charge is 0.261 e. The average Bonchev–Trinajstić information content (AvgIpc) is 2.84. The minimum Gasteiger partial charge on any atom is -0.484 e. The Morgan fingerprint density at radius 3 is 2.80 bits per heavy atom. The van der Waals surface area contributed by atoms with Gasteiger partial charge in [-0.2, -0.15) is 0 Å². The van der Waals surface area contributed by atoms with Gasteiger partial charge in [-0.15, -0.1) is 0 Å². The Kier molecular flexibility index (Phi) is 4.65. The van der Waals surface area contributed by atoms with Crippen molar-refractivity contribution < 1.29 is 14.3 Å². The molecule has 0 radical (unpaired) electrons. The highest BCUT2D eigenvalue weighted by molar-refractivity contribution is 6.30. The zero-order chi connectivity index (χ0) is 14.7. The first-order valence-corrected chi connectivity index (χ1v) is 7.05. The molecule has 1 aromatic rings. The number of benzene rings is 1. The molecule has 1 atom stereocenters. The summed E-state index contributed by atoms with van der Waals surface area (Å²) in [4.78, 5) is 25.2. The summed E-state index contributed by atoms with van der Waals surface area (Å²) in [5, 5.41) is 0.579. The topological polar surface area (TPSA) is 46.6 Å². The fourth-order valence-electron chi connectivity index (χ4n) is 2.50. The number of carbonyl (C=O) groups is 2. The van der Waals surface area contributed by atoms with Crippen molar-refractivity contribution in [2.24, 2.45) is 0 Å². The molecule has 2 rings (SSSR count). The maximum Gasteiger partial charge on any atom is 0.261 e. The molecule has 0 bridgehead atoms. The van der Waals surface area contributed by atoms with Crippen molar-refractivity contribution in [2.45, 2.75) is 32.7 Å². The lowest BCUT2D eigenvalue weighted by Crippen LogP contribution is -2.42. The number of aryl methyl sites for hydroxylation is 1. The third kappa shape index (κ3) is 3.51. The molecule has 108 valence electrons. The molecule has 0 spiro atoms. The Morgan fingerprint density at radius 2 is 2.15 bits per heavy atom. The maximum absolute atomic E-state index is 12.1. The second-order valence-corrected chi connectivity index (χ2v) is 5.55. The van der Waals surface area contributed by atoms with Gasteiger partial charge in [-0.1, -0.05) is 11.6 Å². The molecule has 1 aromatic carbocycles. The fraction of sp³-hybridized carbons (Fsp3) is 0.467. The van der Waals surface area contributed by atoms with E-state index in [1.807, 2.05) is 19.1 Å². The summed E-state index contributed by atoms with van der Waals surface area (Å²) in [5.41, 5.74) is 0.975. The summed E-state index contributed by atoms with van der Waals surface area (Å²) >= 11 is 5.94. The molecule has 0 aromatic heterocycles. The van der Waals surface area contributed by atoms with E-state index in [4.69, 9.17) is 16.3 Å². The minimum atomic E-state index is -0.285. The molecule has 4 nitrogen and oxygen atoms in total. The van der Waals surface area contributed by atoms with Crippen LogP contribution in [0.1, 0.15) is 25.3 Å². The molecule has 1 unspecified atom stereocenters. The zero-order valence-corrected chi connectivity index (χ0v) is 12.4. The zero-order valence-electron chi connectivity index (χ0n) is 11.7. The molecular formula is C15H18ClNO3. The van der Waals surface area contributed by atoms with E-state index in [0.717, 1.165) is 18.4 Å². The monoisotopic (exact) mass is 295 g/mol. The largest absolute Gasteiger partial charge is 0.484 e. The van der Waals surface area contributed by atoms with E-state index in [9.17, 15) is 9.59 Å². The third-order valence-corrected chi connectivity index (χ3v) is 3.64. The van der Waals surface area contributed by atoms with Gasteiger partial charge in [0.05, 0.1) is 6.04 Å². The standard InChI is InChI=1S/C15H18ClNO3/c1-10-6-12(16)8-13(7-10)20-9-15(19)17-5-3-4-14(17)11(2)18/h6-8,14H,3-5,9H2,1-2H3. The number of likely N-dealkylation sites (tertiary alicyclic amines) is 1. The highest BCUT2D eigenvalue weighted by atomic mass is 35.5. The lowest BCUT2D eigenvalue weighted by molar-refractivity contribution is -0.138. The molecule has 1 saturated heterocycles. The number of hydrogen-bond acceptors (Lipinski definition) is 3. The van der Waals surface area contributed by atoms with Crippen LogP contribution >= 0.6 is 11.6 Å². The Morgan fingerprint density at radius 1 is 1.40 bits per heavy atom. The predicted octanol–water partition coefficient (Wildman–Crippen LogP) is 2.61. The molecule has 0 N–H and O–H groups in total. The second kappa shape index (κ2) is 6.27. The number of rotatable bonds is 4. The molecule has 1 aliphatic rings. The number of Topliss-reactive ketones (excluding diaryl/α,β-unsaturated/α-hetero) is 1. The summed E-state index contributed by atoms with van der Waals surface area (Å²) < 4.78 is 5.48. The van der Waals surface area contributed by atoms with Crippen molar-refractivity contribution in [3.63, 3.8) is 0 Å². The lowest BCUT2D eigenvalue weighted by Gasteiger charge is -2.22. The van der Waals surface area contributed by atoms with Gasteiger partial charge in [0.15, 0.2) is 12.4 Å². The minimum absolute atomic E-state index is 0.0365. The Hall–Kier alpha value is -1.55. The number of ether oxygens (including phenoxy) is 1. The first-order valence-electron chi connectivity index (χ1n) is 6.67. The van der Waals surface area contributed by atoms with Crippen LogP contribution in [0.15, 0.2) is 18.2 Å². The van der Waals surface area contributed by atoms with Gasteiger partial charge in [-0.25, -0.2) is 0 Å². The lowest BCUT2D eigenvalue weighted by atomic mass is 10.1.